The van der Waals surface area contributed by atoms with Crippen LogP contribution in [0.3, 0.4) is 0 Å². The van der Waals surface area contributed by atoms with Gasteiger partial charge in [-0.25, -0.2) is 13.4 Å². The first-order valence-electron chi connectivity index (χ1n) is 12.0. The first-order chi connectivity index (χ1) is 15.7. The number of nitrogens with zero attached hydrogens (tertiary/aromatic N) is 4. The van der Waals surface area contributed by atoms with E-state index in [2.05, 4.69) is 26.0 Å². The summed E-state index contributed by atoms with van der Waals surface area (Å²) in [6, 6.07) is 1.58. The molecule has 186 valence electrons. The van der Waals surface area contributed by atoms with Gasteiger partial charge < -0.3 is 19.9 Å². The molecule has 0 spiro atoms. The van der Waals surface area contributed by atoms with E-state index in [-0.39, 0.29) is 11.9 Å². The first kappa shape index (κ1) is 25.7. The van der Waals surface area contributed by atoms with Crippen LogP contribution in [0.5, 0.6) is 0 Å². The molecule has 3 aliphatic rings. The highest BCUT2D eigenvalue weighted by Crippen LogP contribution is 2.29. The van der Waals surface area contributed by atoms with E-state index < -0.39 is 21.6 Å². The normalized spacial score (nSPS) is 24.0. The summed E-state index contributed by atoms with van der Waals surface area (Å²) in [6.45, 7) is 3.39. The molecule has 11 heteroatoms. The molecule has 1 aliphatic carbocycles. The van der Waals surface area contributed by atoms with Crippen LogP contribution in [0.2, 0.25) is 0 Å². The van der Waals surface area contributed by atoms with E-state index in [1.54, 1.807) is 0 Å². The minimum Gasteiger partial charge on any atom is -0.378 e. The van der Waals surface area contributed by atoms with Crippen LogP contribution in [0, 0.1) is 17.2 Å². The van der Waals surface area contributed by atoms with Crippen LogP contribution in [0.4, 0.5) is 0 Å². The van der Waals surface area contributed by atoms with Crippen LogP contribution in [0.25, 0.3) is 0 Å². The molecule has 2 saturated heterocycles. The lowest BCUT2D eigenvalue weighted by molar-refractivity contribution is -0.124. The lowest BCUT2D eigenvalue weighted by Crippen LogP contribution is -2.56. The Bertz CT molecular complexity index is 835. The lowest BCUT2D eigenvalue weighted by Gasteiger charge is -2.37. The van der Waals surface area contributed by atoms with Crippen LogP contribution in [0.1, 0.15) is 51.4 Å². The van der Waals surface area contributed by atoms with Gasteiger partial charge in [0.25, 0.3) is 0 Å². The van der Waals surface area contributed by atoms with Crippen LogP contribution >= 0.6 is 0 Å². The summed E-state index contributed by atoms with van der Waals surface area (Å²) in [6.07, 6.45) is 8.31. The maximum absolute atomic E-state index is 13.5. The second-order valence-electron chi connectivity index (χ2n) is 9.67. The van der Waals surface area contributed by atoms with Crippen molar-refractivity contribution >= 4 is 21.9 Å². The second-order valence-corrected chi connectivity index (χ2v) is 11.4. The average Bonchev–Trinajstić information content (AvgIpc) is 2.80. The van der Waals surface area contributed by atoms with Gasteiger partial charge in [0.1, 0.15) is 11.6 Å². The molecule has 10 nitrogen and oxygen atoms in total. The number of hydrogen-bond acceptors (Lipinski definition) is 7. The molecule has 0 aromatic heterocycles. The summed E-state index contributed by atoms with van der Waals surface area (Å²) in [5, 5.41) is 12.9. The fourth-order valence-electron chi connectivity index (χ4n) is 4.80. The first-order valence-corrected chi connectivity index (χ1v) is 13.9. The zero-order valence-electron chi connectivity index (χ0n) is 19.9. The number of carbonyl (C=O) groups is 1. The van der Waals surface area contributed by atoms with Crippen molar-refractivity contribution in [3.8, 4) is 6.07 Å². The summed E-state index contributed by atoms with van der Waals surface area (Å²) in [5.41, 5.74) is -0.909. The molecule has 2 N–H and O–H groups in total. The molecular weight excluding hydrogens is 444 g/mol. The van der Waals surface area contributed by atoms with E-state index in [1.165, 1.54) is 6.42 Å². The topological polar surface area (TPSA) is 127 Å². The highest BCUT2D eigenvalue weighted by Gasteiger charge is 2.38. The fraction of sp³-hybridized carbons (Fsp3) is 0.864. The van der Waals surface area contributed by atoms with E-state index in [4.69, 9.17) is 4.74 Å². The number of piperidine rings is 1. The Hall–Kier alpha value is -1.90. The number of sulfonamides is 1. The molecule has 2 aliphatic heterocycles. The van der Waals surface area contributed by atoms with Crippen molar-refractivity contribution in [1.82, 2.24) is 19.8 Å². The maximum atomic E-state index is 13.5. The Kier molecular flexibility index (Phi) is 8.95. The number of nitrogens with one attached hydrogen (secondary N) is 2. The standard InChI is InChI=1S/C22H38N6O4S/c1-27-10-8-22(17-23,9-11-27)25-20(29)19(16-18-6-4-3-5-7-18)24-21(26-33(2,30)31)28-12-14-32-15-13-28/h18-19H,3-16H2,1-2H3,(H,24,26)(H,25,29). The average molecular weight is 483 g/mol. The smallest absolute Gasteiger partial charge is 0.246 e. The maximum Gasteiger partial charge on any atom is 0.246 e. The third-order valence-corrected chi connectivity index (χ3v) is 7.42. The van der Waals surface area contributed by atoms with E-state index in [9.17, 15) is 18.5 Å². The van der Waals surface area contributed by atoms with Crippen molar-refractivity contribution in [2.75, 3.05) is 52.7 Å². The predicted molar refractivity (Wildman–Crippen MR) is 126 cm³/mol. The molecule has 1 amide bonds. The van der Waals surface area contributed by atoms with Crippen LogP contribution in [-0.4, -0.2) is 94.4 Å². The van der Waals surface area contributed by atoms with Gasteiger partial charge in [-0.2, -0.15) is 5.26 Å². The zero-order chi connectivity index (χ0) is 23.9. The number of amides is 1. The van der Waals surface area contributed by atoms with E-state index in [1.807, 2.05) is 11.9 Å². The van der Waals surface area contributed by atoms with Crippen LogP contribution < -0.4 is 10.0 Å². The number of nitriles is 1. The van der Waals surface area contributed by atoms with Crippen molar-refractivity contribution < 1.29 is 17.9 Å². The van der Waals surface area contributed by atoms with Gasteiger partial charge in [0.15, 0.2) is 0 Å². The Morgan fingerprint density at radius 2 is 1.82 bits per heavy atom. The Morgan fingerprint density at radius 3 is 2.39 bits per heavy atom. The summed E-state index contributed by atoms with van der Waals surface area (Å²) < 4.78 is 32.1. The van der Waals surface area contributed by atoms with E-state index in [0.717, 1.165) is 45.0 Å². The summed E-state index contributed by atoms with van der Waals surface area (Å²) in [4.78, 5) is 22.2. The number of hydrogen-bond donors (Lipinski definition) is 2. The quantitative estimate of drug-likeness (QED) is 0.421. The second kappa shape index (κ2) is 11.5. The molecule has 1 unspecified atom stereocenters. The number of carbonyl (C=O) groups excluding carboxylic acids is 1. The van der Waals surface area contributed by atoms with Crippen molar-refractivity contribution in [1.29, 1.82) is 5.26 Å². The zero-order valence-corrected chi connectivity index (χ0v) is 20.7. The largest absolute Gasteiger partial charge is 0.378 e. The molecule has 2 heterocycles. The van der Waals surface area contributed by atoms with Gasteiger partial charge in [-0.1, -0.05) is 32.1 Å². The number of likely N-dealkylation sites (tertiary alicyclic amines) is 1. The van der Waals surface area contributed by atoms with Gasteiger partial charge >= 0.3 is 0 Å². The highest BCUT2D eigenvalue weighted by molar-refractivity contribution is 7.89. The molecule has 0 bridgehead atoms. The van der Waals surface area contributed by atoms with Gasteiger partial charge in [0.2, 0.25) is 21.9 Å². The van der Waals surface area contributed by atoms with Gasteiger partial charge in [-0.3, -0.25) is 9.52 Å². The van der Waals surface area contributed by atoms with E-state index >= 15 is 0 Å². The SMILES string of the molecule is CN1CCC(C#N)(NC(=O)C(CC2CCCCC2)N=C(NS(C)(=O)=O)N2CCOCC2)CC1. The van der Waals surface area contributed by atoms with Crippen molar-refractivity contribution in [2.45, 2.75) is 62.9 Å². The number of morpholine rings is 1. The molecule has 0 aromatic carbocycles. The highest BCUT2D eigenvalue weighted by atomic mass is 32.2. The summed E-state index contributed by atoms with van der Waals surface area (Å²) in [5.74, 6) is 0.247. The predicted octanol–water partition coefficient (Wildman–Crippen LogP) is 0.667. The number of aliphatic imine (C=N–C) groups is 1. The minimum atomic E-state index is -3.58. The summed E-state index contributed by atoms with van der Waals surface area (Å²) >= 11 is 0. The van der Waals surface area contributed by atoms with Crippen molar-refractivity contribution in [3.63, 3.8) is 0 Å². The molecular formula is C22H38N6O4S. The molecule has 33 heavy (non-hydrogen) atoms. The molecule has 1 atom stereocenters. The molecule has 0 aromatic rings. The van der Waals surface area contributed by atoms with Gasteiger partial charge in [0.05, 0.1) is 25.5 Å². The lowest BCUT2D eigenvalue weighted by atomic mass is 9.84. The Morgan fingerprint density at radius 1 is 1.18 bits per heavy atom. The van der Waals surface area contributed by atoms with Gasteiger partial charge in [-0.05, 0) is 32.2 Å². The fourth-order valence-corrected chi connectivity index (χ4v) is 5.32. The Labute approximate surface area is 197 Å². The molecule has 0 radical (unpaired) electrons. The third-order valence-electron chi connectivity index (χ3n) is 6.87. The molecule has 3 fully saturated rings. The van der Waals surface area contributed by atoms with Gasteiger partial charge in [0, 0.05) is 26.2 Å². The van der Waals surface area contributed by atoms with Crippen LogP contribution in [0.15, 0.2) is 4.99 Å². The van der Waals surface area contributed by atoms with Gasteiger partial charge in [-0.15, -0.1) is 0 Å². The number of ether oxygens (including phenoxy) is 1. The minimum absolute atomic E-state index is 0.186. The summed E-state index contributed by atoms with van der Waals surface area (Å²) in [7, 11) is -1.58. The number of guanidine groups is 1. The molecule has 3 rings (SSSR count). The van der Waals surface area contributed by atoms with Crippen LogP contribution in [-0.2, 0) is 19.6 Å². The van der Waals surface area contributed by atoms with Crippen molar-refractivity contribution in [3.05, 3.63) is 0 Å². The Balaban J connectivity index is 1.85. The monoisotopic (exact) mass is 482 g/mol. The molecule has 1 saturated carbocycles. The van der Waals surface area contributed by atoms with Crippen molar-refractivity contribution in [2.24, 2.45) is 10.9 Å². The van der Waals surface area contributed by atoms with E-state index in [0.29, 0.717) is 51.5 Å². The third kappa shape index (κ3) is 7.83. The number of rotatable bonds is 6.